The average Bonchev–Trinajstić information content (AvgIpc) is 2.57. The fourth-order valence-corrected chi connectivity index (χ4v) is 2.27. The molecule has 1 heterocycles. The van der Waals surface area contributed by atoms with Crippen LogP contribution in [0.5, 0.6) is 0 Å². The lowest BCUT2D eigenvalue weighted by Crippen LogP contribution is -2.37. The van der Waals surface area contributed by atoms with Crippen molar-refractivity contribution in [2.45, 2.75) is 45.4 Å². The maximum absolute atomic E-state index is 9.84. The van der Waals surface area contributed by atoms with Gasteiger partial charge in [0, 0.05) is 19.1 Å². The molecule has 3 atom stereocenters. The van der Waals surface area contributed by atoms with Gasteiger partial charge in [-0.05, 0) is 39.7 Å². The number of aliphatic hydroxyl groups excluding tert-OH is 1. The summed E-state index contributed by atoms with van der Waals surface area (Å²) in [5, 5.41) is 9.84. The van der Waals surface area contributed by atoms with Crippen molar-refractivity contribution in [3.8, 4) is 0 Å². The van der Waals surface area contributed by atoms with E-state index in [9.17, 15) is 5.11 Å². The van der Waals surface area contributed by atoms with Gasteiger partial charge in [-0.1, -0.05) is 0 Å². The zero-order valence-corrected chi connectivity index (χ0v) is 10.7. The predicted molar refractivity (Wildman–Crippen MR) is 65.3 cm³/mol. The van der Waals surface area contributed by atoms with E-state index in [2.05, 4.69) is 11.8 Å². The molecule has 0 amide bonds. The van der Waals surface area contributed by atoms with Crippen LogP contribution in [0.2, 0.25) is 0 Å². The lowest BCUT2D eigenvalue weighted by molar-refractivity contribution is -0.00952. The van der Waals surface area contributed by atoms with Crippen LogP contribution in [0.3, 0.4) is 0 Å². The first-order valence-corrected chi connectivity index (χ1v) is 6.26. The SMILES string of the molecule is CC(C)OCC(O)CN1CC(CN)CC1C. The fourth-order valence-electron chi connectivity index (χ4n) is 2.27. The van der Waals surface area contributed by atoms with Crippen molar-refractivity contribution in [1.29, 1.82) is 0 Å². The number of nitrogens with two attached hydrogens (primary N) is 1. The highest BCUT2D eigenvalue weighted by Crippen LogP contribution is 2.21. The van der Waals surface area contributed by atoms with E-state index in [0.29, 0.717) is 25.1 Å². The molecule has 3 unspecified atom stereocenters. The van der Waals surface area contributed by atoms with E-state index < -0.39 is 0 Å². The smallest absolute Gasteiger partial charge is 0.0900 e. The highest BCUT2D eigenvalue weighted by Gasteiger charge is 2.29. The minimum atomic E-state index is -0.388. The van der Waals surface area contributed by atoms with Crippen LogP contribution in [-0.4, -0.2) is 54.5 Å². The molecule has 0 radical (unpaired) electrons. The molecule has 0 saturated carbocycles. The van der Waals surface area contributed by atoms with E-state index in [4.69, 9.17) is 10.5 Å². The Hall–Kier alpha value is -0.160. The van der Waals surface area contributed by atoms with Crippen LogP contribution in [-0.2, 0) is 4.74 Å². The zero-order valence-electron chi connectivity index (χ0n) is 10.7. The summed E-state index contributed by atoms with van der Waals surface area (Å²) in [6.07, 6.45) is 0.942. The fraction of sp³-hybridized carbons (Fsp3) is 1.00. The van der Waals surface area contributed by atoms with E-state index >= 15 is 0 Å². The number of hydrogen-bond acceptors (Lipinski definition) is 4. The Morgan fingerprint density at radius 2 is 2.19 bits per heavy atom. The van der Waals surface area contributed by atoms with Gasteiger partial charge in [0.05, 0.1) is 18.8 Å². The van der Waals surface area contributed by atoms with E-state index in [0.717, 1.165) is 19.5 Å². The van der Waals surface area contributed by atoms with Gasteiger partial charge in [-0.3, -0.25) is 4.90 Å². The first-order chi connectivity index (χ1) is 7.52. The molecule has 1 rings (SSSR count). The number of β-amino-alcohol motifs (C(OH)–C–C–N with tert-alkyl or cyclic N) is 1. The second kappa shape index (κ2) is 6.55. The molecule has 0 bridgehead atoms. The number of aliphatic hydroxyl groups is 1. The van der Waals surface area contributed by atoms with Crippen LogP contribution >= 0.6 is 0 Å². The Morgan fingerprint density at radius 1 is 1.50 bits per heavy atom. The first kappa shape index (κ1) is 13.9. The van der Waals surface area contributed by atoms with Crippen molar-refractivity contribution >= 4 is 0 Å². The van der Waals surface area contributed by atoms with Gasteiger partial charge in [0.1, 0.15) is 0 Å². The van der Waals surface area contributed by atoms with E-state index in [1.165, 1.54) is 0 Å². The summed E-state index contributed by atoms with van der Waals surface area (Å²) in [5.41, 5.74) is 5.67. The van der Waals surface area contributed by atoms with Crippen LogP contribution in [0.1, 0.15) is 27.2 Å². The Bertz CT molecular complexity index is 199. The third-order valence-corrected chi connectivity index (χ3v) is 3.19. The molecular weight excluding hydrogens is 204 g/mol. The molecule has 3 N–H and O–H groups in total. The summed E-state index contributed by atoms with van der Waals surface area (Å²) < 4.78 is 5.40. The molecule has 0 spiro atoms. The molecule has 16 heavy (non-hydrogen) atoms. The number of likely N-dealkylation sites (tertiary alicyclic amines) is 1. The van der Waals surface area contributed by atoms with Gasteiger partial charge < -0.3 is 15.6 Å². The largest absolute Gasteiger partial charge is 0.389 e. The van der Waals surface area contributed by atoms with Gasteiger partial charge in [0.25, 0.3) is 0 Å². The first-order valence-electron chi connectivity index (χ1n) is 6.26. The van der Waals surface area contributed by atoms with Crippen molar-refractivity contribution in [2.24, 2.45) is 11.7 Å². The van der Waals surface area contributed by atoms with Gasteiger partial charge in [-0.25, -0.2) is 0 Å². The Balaban J connectivity index is 2.25. The maximum Gasteiger partial charge on any atom is 0.0900 e. The molecule has 1 aliphatic rings. The van der Waals surface area contributed by atoms with Crippen molar-refractivity contribution in [2.75, 3.05) is 26.2 Å². The van der Waals surface area contributed by atoms with Crippen molar-refractivity contribution in [3.63, 3.8) is 0 Å². The molecule has 1 aliphatic heterocycles. The van der Waals surface area contributed by atoms with Crippen molar-refractivity contribution in [1.82, 2.24) is 4.90 Å². The number of hydrogen-bond donors (Lipinski definition) is 2. The van der Waals surface area contributed by atoms with Crippen LogP contribution < -0.4 is 5.73 Å². The molecule has 0 aliphatic carbocycles. The molecule has 0 aromatic heterocycles. The minimum absolute atomic E-state index is 0.183. The second-order valence-electron chi connectivity index (χ2n) is 5.18. The number of nitrogens with zero attached hydrogens (tertiary/aromatic N) is 1. The summed E-state index contributed by atoms with van der Waals surface area (Å²) >= 11 is 0. The summed E-state index contributed by atoms with van der Waals surface area (Å²) in [7, 11) is 0. The topological polar surface area (TPSA) is 58.7 Å². The molecule has 96 valence electrons. The monoisotopic (exact) mass is 230 g/mol. The molecule has 0 aromatic carbocycles. The van der Waals surface area contributed by atoms with Gasteiger partial charge in [-0.2, -0.15) is 0 Å². The highest BCUT2D eigenvalue weighted by atomic mass is 16.5. The van der Waals surface area contributed by atoms with Crippen molar-refractivity contribution < 1.29 is 9.84 Å². The molecule has 4 nitrogen and oxygen atoms in total. The summed E-state index contributed by atoms with van der Waals surface area (Å²) in [6.45, 7) is 9.05. The molecular formula is C12H26N2O2. The number of rotatable bonds is 6. The number of ether oxygens (including phenoxy) is 1. The Kier molecular flexibility index (Phi) is 5.69. The zero-order chi connectivity index (χ0) is 12.1. The molecule has 1 saturated heterocycles. The van der Waals surface area contributed by atoms with Crippen LogP contribution in [0.25, 0.3) is 0 Å². The van der Waals surface area contributed by atoms with Crippen LogP contribution in [0.4, 0.5) is 0 Å². The summed E-state index contributed by atoms with van der Waals surface area (Å²) in [6, 6.07) is 0.530. The summed E-state index contributed by atoms with van der Waals surface area (Å²) in [5.74, 6) is 0.591. The predicted octanol–water partition coefficient (Wildman–Crippen LogP) is 0.441. The highest BCUT2D eigenvalue weighted by molar-refractivity contribution is 4.84. The van der Waals surface area contributed by atoms with E-state index in [1.54, 1.807) is 0 Å². The second-order valence-corrected chi connectivity index (χ2v) is 5.18. The van der Waals surface area contributed by atoms with E-state index in [-0.39, 0.29) is 12.2 Å². The lowest BCUT2D eigenvalue weighted by atomic mass is 10.1. The average molecular weight is 230 g/mol. The lowest BCUT2D eigenvalue weighted by Gasteiger charge is -2.24. The third-order valence-electron chi connectivity index (χ3n) is 3.19. The minimum Gasteiger partial charge on any atom is -0.389 e. The standard InChI is InChI=1S/C12H26N2O2/c1-9(2)16-8-12(15)7-14-6-11(5-13)4-10(14)3/h9-12,15H,4-8,13H2,1-3H3. The summed E-state index contributed by atoms with van der Waals surface area (Å²) in [4.78, 5) is 2.31. The normalized spacial score (nSPS) is 28.9. The molecule has 0 aromatic rings. The van der Waals surface area contributed by atoms with Crippen molar-refractivity contribution in [3.05, 3.63) is 0 Å². The molecule has 1 fully saturated rings. The van der Waals surface area contributed by atoms with Crippen LogP contribution in [0, 0.1) is 5.92 Å². The third kappa shape index (κ3) is 4.37. The van der Waals surface area contributed by atoms with Gasteiger partial charge in [0.15, 0.2) is 0 Å². The molecule has 4 heteroatoms. The maximum atomic E-state index is 9.84. The van der Waals surface area contributed by atoms with Gasteiger partial charge in [-0.15, -0.1) is 0 Å². The van der Waals surface area contributed by atoms with Crippen LogP contribution in [0.15, 0.2) is 0 Å². The van der Waals surface area contributed by atoms with Gasteiger partial charge >= 0.3 is 0 Å². The Morgan fingerprint density at radius 3 is 2.69 bits per heavy atom. The van der Waals surface area contributed by atoms with Gasteiger partial charge in [0.2, 0.25) is 0 Å². The Labute approximate surface area is 98.8 Å². The quantitative estimate of drug-likeness (QED) is 0.695. The van der Waals surface area contributed by atoms with E-state index in [1.807, 2.05) is 13.8 Å².